The Hall–Kier alpha value is -1.91. The first-order chi connectivity index (χ1) is 17.4. The third-order valence-electron chi connectivity index (χ3n) is 7.69. The Bertz CT molecular complexity index is 955. The van der Waals surface area contributed by atoms with Gasteiger partial charge in [-0.1, -0.05) is 37.9 Å². The third-order valence-corrected chi connectivity index (χ3v) is 8.04. The highest BCUT2D eigenvalue weighted by atomic mass is 35.5. The van der Waals surface area contributed by atoms with Gasteiger partial charge in [0.2, 0.25) is 5.91 Å². The van der Waals surface area contributed by atoms with E-state index in [9.17, 15) is 32.3 Å². The van der Waals surface area contributed by atoms with Crippen molar-refractivity contribution in [1.29, 1.82) is 0 Å². The molecule has 3 atom stereocenters. The van der Waals surface area contributed by atoms with Gasteiger partial charge >= 0.3 is 12.1 Å². The van der Waals surface area contributed by atoms with E-state index in [2.05, 4.69) is 5.32 Å². The summed E-state index contributed by atoms with van der Waals surface area (Å²) in [4.78, 5) is 29.1. The monoisotopic (exact) mass is 549 g/mol. The fourth-order valence-electron chi connectivity index (χ4n) is 5.66. The smallest absolute Gasteiger partial charge is 0.416 e. The summed E-state index contributed by atoms with van der Waals surface area (Å²) in [5.74, 6) is -1.94. The van der Waals surface area contributed by atoms with Crippen molar-refractivity contribution in [3.8, 4) is 0 Å². The molecule has 0 saturated carbocycles. The minimum atomic E-state index is -4.59. The molecule has 2 N–H and O–H groups in total. The highest BCUT2D eigenvalue weighted by molar-refractivity contribution is 6.31. The molecule has 0 aliphatic carbocycles. The van der Waals surface area contributed by atoms with Crippen LogP contribution in [0.5, 0.6) is 0 Å². The Kier molecular flexibility index (Phi) is 9.85. The molecule has 0 radical (unpaired) electrons. The Morgan fingerprint density at radius 2 is 1.92 bits per heavy atom. The van der Waals surface area contributed by atoms with Crippen LogP contribution in [0.4, 0.5) is 17.6 Å². The van der Waals surface area contributed by atoms with Crippen molar-refractivity contribution in [3.63, 3.8) is 0 Å². The van der Waals surface area contributed by atoms with Crippen LogP contribution in [0.1, 0.15) is 57.1 Å². The molecule has 2 fully saturated rings. The normalized spacial score (nSPS) is 24.8. The maximum Gasteiger partial charge on any atom is 0.416 e. The van der Waals surface area contributed by atoms with Crippen LogP contribution in [-0.4, -0.2) is 71.7 Å². The van der Waals surface area contributed by atoms with Crippen LogP contribution < -0.4 is 5.32 Å². The molecule has 11 heteroatoms. The van der Waals surface area contributed by atoms with E-state index in [0.29, 0.717) is 38.9 Å². The number of benzene rings is 1. The molecule has 2 saturated heterocycles. The molecule has 2 heterocycles. The highest BCUT2D eigenvalue weighted by Crippen LogP contribution is 2.42. The minimum absolute atomic E-state index is 0.00815. The number of halogens is 5. The van der Waals surface area contributed by atoms with Gasteiger partial charge in [0.1, 0.15) is 6.17 Å². The van der Waals surface area contributed by atoms with Crippen molar-refractivity contribution >= 4 is 23.5 Å². The standard InChI is InChI=1S/C26H36ClF4N3O3/c1-3-5-18(28)14-33-10-8-19(9-11-33)32-24(37)25(12-23(35)36)16-34(13-17(25)2)15-20-21(26(29,30)31)6-4-7-22(20)27/h4,6-7,17-19H,3,5,8-16H2,1-2H3,(H,32,37)(H,35,36)/t17-,18?,25-/m0/s1. The Morgan fingerprint density at radius 1 is 1.24 bits per heavy atom. The summed E-state index contributed by atoms with van der Waals surface area (Å²) in [6.07, 6.45) is -3.35. The summed E-state index contributed by atoms with van der Waals surface area (Å²) in [6, 6.07) is 3.44. The number of hydrogen-bond donors (Lipinski definition) is 2. The molecule has 3 rings (SSSR count). The number of likely N-dealkylation sites (tertiary alicyclic amines) is 2. The lowest BCUT2D eigenvalue weighted by atomic mass is 9.75. The number of hydrogen-bond acceptors (Lipinski definition) is 4. The van der Waals surface area contributed by atoms with Gasteiger partial charge < -0.3 is 15.3 Å². The molecule has 0 aromatic heterocycles. The van der Waals surface area contributed by atoms with E-state index < -0.39 is 47.5 Å². The molecular weight excluding hydrogens is 514 g/mol. The molecule has 2 aliphatic rings. The van der Waals surface area contributed by atoms with Crippen LogP contribution in [0, 0.1) is 11.3 Å². The lowest BCUT2D eigenvalue weighted by Crippen LogP contribution is -2.53. The fraction of sp³-hybridized carbons (Fsp3) is 0.692. The number of alkyl halides is 4. The molecule has 208 valence electrons. The Morgan fingerprint density at radius 3 is 2.51 bits per heavy atom. The van der Waals surface area contributed by atoms with Gasteiger partial charge in [0, 0.05) is 50.3 Å². The van der Waals surface area contributed by atoms with Crippen molar-refractivity contribution < 1.29 is 32.3 Å². The van der Waals surface area contributed by atoms with Gasteiger partial charge in [-0.25, -0.2) is 4.39 Å². The van der Waals surface area contributed by atoms with Gasteiger partial charge in [0.05, 0.1) is 17.4 Å². The largest absolute Gasteiger partial charge is 0.481 e. The molecule has 1 amide bonds. The number of piperidine rings is 1. The fourth-order valence-corrected chi connectivity index (χ4v) is 5.89. The second-order valence-electron chi connectivity index (χ2n) is 10.5. The van der Waals surface area contributed by atoms with E-state index in [1.165, 1.54) is 12.1 Å². The van der Waals surface area contributed by atoms with Gasteiger partial charge in [-0.15, -0.1) is 0 Å². The zero-order valence-electron chi connectivity index (χ0n) is 21.3. The first-order valence-corrected chi connectivity index (χ1v) is 13.2. The molecule has 1 aromatic rings. The molecular formula is C26H36ClF4N3O3. The lowest BCUT2D eigenvalue weighted by molar-refractivity contribution is -0.147. The number of nitrogens with one attached hydrogen (secondary N) is 1. The average Bonchev–Trinajstić information content (AvgIpc) is 3.11. The van der Waals surface area contributed by atoms with Crippen LogP contribution in [0.15, 0.2) is 18.2 Å². The van der Waals surface area contributed by atoms with Crippen LogP contribution >= 0.6 is 11.6 Å². The number of carbonyl (C=O) groups is 2. The highest BCUT2D eigenvalue weighted by Gasteiger charge is 2.52. The number of rotatable bonds is 10. The summed E-state index contributed by atoms with van der Waals surface area (Å²) in [6.45, 7) is 5.46. The summed E-state index contributed by atoms with van der Waals surface area (Å²) in [5, 5.41) is 12.6. The molecule has 0 bridgehead atoms. The van der Waals surface area contributed by atoms with Crippen molar-refractivity contribution in [1.82, 2.24) is 15.1 Å². The maximum atomic E-state index is 14.0. The van der Waals surface area contributed by atoms with E-state index in [1.807, 2.05) is 11.8 Å². The SMILES string of the molecule is CCCC(F)CN1CCC(NC(=O)[C@@]2(CC(=O)O)CN(Cc3c(Cl)cccc3C(F)(F)F)C[C@@H]2C)CC1. The quantitative estimate of drug-likeness (QED) is 0.402. The predicted molar refractivity (Wildman–Crippen MR) is 133 cm³/mol. The van der Waals surface area contributed by atoms with E-state index in [-0.39, 0.29) is 36.3 Å². The first-order valence-electron chi connectivity index (χ1n) is 12.8. The molecule has 1 aromatic carbocycles. The molecule has 37 heavy (non-hydrogen) atoms. The Labute approximate surface area is 220 Å². The topological polar surface area (TPSA) is 72.9 Å². The van der Waals surface area contributed by atoms with Crippen LogP contribution in [-0.2, 0) is 22.3 Å². The van der Waals surface area contributed by atoms with Crippen LogP contribution in [0.2, 0.25) is 5.02 Å². The second-order valence-corrected chi connectivity index (χ2v) is 10.9. The van der Waals surface area contributed by atoms with E-state index in [1.54, 1.807) is 11.8 Å². The number of amides is 1. The number of aliphatic carboxylic acids is 1. The zero-order chi connectivity index (χ0) is 27.4. The van der Waals surface area contributed by atoms with Gasteiger partial charge in [0.15, 0.2) is 0 Å². The summed E-state index contributed by atoms with van der Waals surface area (Å²) in [7, 11) is 0. The van der Waals surface area contributed by atoms with Crippen molar-refractivity contribution in [3.05, 3.63) is 34.3 Å². The first kappa shape index (κ1) is 29.6. The number of carbonyl (C=O) groups excluding carboxylic acids is 1. The average molecular weight is 550 g/mol. The van der Waals surface area contributed by atoms with E-state index in [0.717, 1.165) is 12.5 Å². The van der Waals surface area contributed by atoms with Gasteiger partial charge in [-0.3, -0.25) is 14.5 Å². The molecule has 0 spiro atoms. The summed E-state index contributed by atoms with van der Waals surface area (Å²) < 4.78 is 54.7. The molecule has 6 nitrogen and oxygen atoms in total. The predicted octanol–water partition coefficient (Wildman–Crippen LogP) is 4.99. The Balaban J connectivity index is 1.70. The molecule has 2 aliphatic heterocycles. The second kappa shape index (κ2) is 12.3. The number of carboxylic acid groups (broad SMARTS) is 1. The molecule has 1 unspecified atom stereocenters. The van der Waals surface area contributed by atoms with Gasteiger partial charge in [-0.05, 0) is 42.9 Å². The minimum Gasteiger partial charge on any atom is -0.481 e. The maximum absolute atomic E-state index is 14.0. The third kappa shape index (κ3) is 7.35. The van der Waals surface area contributed by atoms with Gasteiger partial charge in [0.25, 0.3) is 0 Å². The number of carboxylic acids is 1. The van der Waals surface area contributed by atoms with Crippen LogP contribution in [0.3, 0.4) is 0 Å². The van der Waals surface area contributed by atoms with E-state index in [4.69, 9.17) is 11.6 Å². The van der Waals surface area contributed by atoms with Crippen molar-refractivity contribution in [2.45, 2.75) is 70.9 Å². The number of nitrogens with zero attached hydrogens (tertiary/aromatic N) is 2. The van der Waals surface area contributed by atoms with E-state index >= 15 is 0 Å². The van der Waals surface area contributed by atoms with Gasteiger partial charge in [-0.2, -0.15) is 13.2 Å². The van der Waals surface area contributed by atoms with Crippen molar-refractivity contribution in [2.75, 3.05) is 32.7 Å². The summed E-state index contributed by atoms with van der Waals surface area (Å²) >= 11 is 6.13. The van der Waals surface area contributed by atoms with Crippen LogP contribution in [0.25, 0.3) is 0 Å². The van der Waals surface area contributed by atoms with Crippen molar-refractivity contribution in [2.24, 2.45) is 11.3 Å². The lowest BCUT2D eigenvalue weighted by Gasteiger charge is -2.36. The summed E-state index contributed by atoms with van der Waals surface area (Å²) in [5.41, 5.74) is -2.21. The zero-order valence-corrected chi connectivity index (χ0v) is 22.0.